The summed E-state index contributed by atoms with van der Waals surface area (Å²) in [6, 6.07) is 18.6. The van der Waals surface area contributed by atoms with E-state index in [0.29, 0.717) is 21.3 Å². The quantitative estimate of drug-likeness (QED) is 0.363. The summed E-state index contributed by atoms with van der Waals surface area (Å²) in [7, 11) is -4.25. The minimum Gasteiger partial charge on any atom is -0.352 e. The monoisotopic (exact) mass is 601 g/mol. The lowest BCUT2D eigenvalue weighted by molar-refractivity contribution is -0.141. The molecule has 4 rings (SSSR count). The van der Waals surface area contributed by atoms with Gasteiger partial charge in [0.05, 0.1) is 5.56 Å². The van der Waals surface area contributed by atoms with Crippen molar-refractivity contribution in [3.05, 3.63) is 99.5 Å². The fraction of sp³-hybridized carbons (Fsp3) is 0.276. The Morgan fingerprint density at radius 1 is 1.00 bits per heavy atom. The van der Waals surface area contributed by atoms with Gasteiger partial charge in [0.25, 0.3) is 15.9 Å². The molecule has 1 heterocycles. The van der Waals surface area contributed by atoms with Gasteiger partial charge in [0, 0.05) is 29.1 Å². The molecule has 1 aliphatic heterocycles. The van der Waals surface area contributed by atoms with Gasteiger partial charge >= 0.3 is 0 Å². The molecule has 3 aromatic carbocycles. The summed E-state index contributed by atoms with van der Waals surface area (Å²) < 4.78 is 27.0. The fourth-order valence-electron chi connectivity index (χ4n) is 4.43. The SMILES string of the molecule is CC[C@H](C)NC(=O)[C@H](Cc1ccccc1)N(Cc1ccc(Cl)cc1Cl)C(=O)CN1C(=O)c2ccccc2S1(=O)=O. The normalized spacial score (nSPS) is 15.3. The van der Waals surface area contributed by atoms with Crippen LogP contribution in [0.25, 0.3) is 0 Å². The Labute approximate surface area is 243 Å². The van der Waals surface area contributed by atoms with Crippen molar-refractivity contribution in [3.8, 4) is 0 Å². The maximum absolute atomic E-state index is 14.0. The summed E-state index contributed by atoms with van der Waals surface area (Å²) in [6.45, 7) is 2.89. The molecule has 0 bridgehead atoms. The summed E-state index contributed by atoms with van der Waals surface area (Å²) in [5.41, 5.74) is 1.30. The van der Waals surface area contributed by atoms with E-state index in [0.717, 1.165) is 5.56 Å². The minimum atomic E-state index is -4.25. The molecular formula is C29H29Cl2N3O5S. The molecule has 0 aliphatic carbocycles. The van der Waals surface area contributed by atoms with E-state index in [1.165, 1.54) is 29.2 Å². The highest BCUT2D eigenvalue weighted by atomic mass is 35.5. The first-order valence-electron chi connectivity index (χ1n) is 12.8. The van der Waals surface area contributed by atoms with E-state index in [2.05, 4.69) is 5.32 Å². The van der Waals surface area contributed by atoms with Crippen molar-refractivity contribution < 1.29 is 22.8 Å². The number of nitrogens with one attached hydrogen (secondary N) is 1. The predicted octanol–water partition coefficient (Wildman–Crippen LogP) is 4.69. The van der Waals surface area contributed by atoms with Crippen LogP contribution in [0, 0.1) is 0 Å². The van der Waals surface area contributed by atoms with E-state index in [9.17, 15) is 22.8 Å². The number of nitrogens with zero attached hydrogens (tertiary/aromatic N) is 2. The second-order valence-corrected chi connectivity index (χ2v) is 12.3. The summed E-state index contributed by atoms with van der Waals surface area (Å²) in [5, 5.41) is 3.62. The van der Waals surface area contributed by atoms with E-state index < -0.39 is 40.3 Å². The fourth-order valence-corrected chi connectivity index (χ4v) is 6.42. The maximum Gasteiger partial charge on any atom is 0.269 e. The van der Waals surface area contributed by atoms with Gasteiger partial charge in [0.15, 0.2) is 0 Å². The van der Waals surface area contributed by atoms with E-state index in [1.54, 1.807) is 18.2 Å². The van der Waals surface area contributed by atoms with Gasteiger partial charge in [-0.3, -0.25) is 14.4 Å². The topological polar surface area (TPSA) is 104 Å². The number of carbonyl (C=O) groups is 3. The van der Waals surface area contributed by atoms with Gasteiger partial charge in [-0.25, -0.2) is 12.7 Å². The number of amides is 3. The second kappa shape index (κ2) is 12.4. The Morgan fingerprint density at radius 3 is 2.33 bits per heavy atom. The van der Waals surface area contributed by atoms with Gasteiger partial charge in [0.2, 0.25) is 11.8 Å². The number of carbonyl (C=O) groups excluding carboxylic acids is 3. The highest BCUT2D eigenvalue weighted by Crippen LogP contribution is 2.30. The standard InChI is InChI=1S/C29H29Cl2N3O5S/c1-3-19(2)32-28(36)25(15-20-9-5-4-6-10-20)33(17-21-13-14-22(30)16-24(21)31)27(35)18-34-29(37)23-11-7-8-12-26(23)40(34,38)39/h4-14,16,19,25H,3,15,17-18H2,1-2H3,(H,32,36)/t19-,25-/m0/s1. The van der Waals surface area contributed by atoms with Crippen LogP contribution in [0.1, 0.15) is 41.8 Å². The Kier molecular flexibility index (Phi) is 9.18. The predicted molar refractivity (Wildman–Crippen MR) is 154 cm³/mol. The summed E-state index contributed by atoms with van der Waals surface area (Å²) in [4.78, 5) is 41.8. The number of hydrogen-bond acceptors (Lipinski definition) is 5. The average molecular weight is 603 g/mol. The Hall–Kier alpha value is -3.40. The average Bonchev–Trinajstić information content (AvgIpc) is 3.12. The van der Waals surface area contributed by atoms with Crippen LogP contribution in [-0.4, -0.2) is 54.0 Å². The third-order valence-electron chi connectivity index (χ3n) is 6.82. The van der Waals surface area contributed by atoms with Crippen LogP contribution in [0.15, 0.2) is 77.7 Å². The lowest BCUT2D eigenvalue weighted by Crippen LogP contribution is -2.54. The molecule has 0 saturated heterocycles. The van der Waals surface area contributed by atoms with Crippen molar-refractivity contribution in [2.24, 2.45) is 0 Å². The Balaban J connectivity index is 1.74. The number of hydrogen-bond donors (Lipinski definition) is 1. The van der Waals surface area contributed by atoms with Gasteiger partial charge in [0.1, 0.15) is 17.5 Å². The van der Waals surface area contributed by atoms with Crippen LogP contribution < -0.4 is 5.32 Å². The number of sulfonamides is 1. The molecule has 0 aromatic heterocycles. The zero-order valence-corrected chi connectivity index (χ0v) is 24.3. The van der Waals surface area contributed by atoms with E-state index in [4.69, 9.17) is 23.2 Å². The molecule has 0 radical (unpaired) electrons. The van der Waals surface area contributed by atoms with Crippen molar-refractivity contribution in [2.45, 2.75) is 50.2 Å². The smallest absolute Gasteiger partial charge is 0.269 e. The van der Waals surface area contributed by atoms with E-state index in [-0.39, 0.29) is 34.5 Å². The van der Waals surface area contributed by atoms with Crippen molar-refractivity contribution in [1.82, 2.24) is 14.5 Å². The third kappa shape index (κ3) is 6.32. The molecule has 40 heavy (non-hydrogen) atoms. The lowest BCUT2D eigenvalue weighted by Gasteiger charge is -2.33. The number of benzene rings is 3. The van der Waals surface area contributed by atoms with Crippen LogP contribution in [-0.2, 0) is 32.6 Å². The van der Waals surface area contributed by atoms with Gasteiger partial charge in [-0.05, 0) is 48.7 Å². The summed E-state index contributed by atoms with van der Waals surface area (Å²) >= 11 is 12.5. The molecule has 0 spiro atoms. The molecule has 0 fully saturated rings. The molecule has 3 amide bonds. The zero-order chi connectivity index (χ0) is 29.0. The third-order valence-corrected chi connectivity index (χ3v) is 9.19. The van der Waals surface area contributed by atoms with Crippen molar-refractivity contribution in [2.75, 3.05) is 6.54 Å². The molecule has 210 valence electrons. The highest BCUT2D eigenvalue weighted by Gasteiger charge is 2.43. The van der Waals surface area contributed by atoms with Crippen LogP contribution in [0.3, 0.4) is 0 Å². The van der Waals surface area contributed by atoms with E-state index in [1.807, 2.05) is 44.2 Å². The zero-order valence-electron chi connectivity index (χ0n) is 22.0. The second-order valence-electron chi connectivity index (χ2n) is 9.59. The molecule has 11 heteroatoms. The first-order valence-corrected chi connectivity index (χ1v) is 15.0. The molecule has 8 nitrogen and oxygen atoms in total. The van der Waals surface area contributed by atoms with Gasteiger partial charge in [-0.15, -0.1) is 0 Å². The summed E-state index contributed by atoms with van der Waals surface area (Å²) in [6.07, 6.45) is 0.820. The number of rotatable bonds is 10. The van der Waals surface area contributed by atoms with Crippen LogP contribution in [0.2, 0.25) is 10.0 Å². The Morgan fingerprint density at radius 2 is 1.68 bits per heavy atom. The number of fused-ring (bicyclic) bond motifs is 1. The van der Waals surface area contributed by atoms with Gasteiger partial charge < -0.3 is 10.2 Å². The molecular weight excluding hydrogens is 573 g/mol. The molecule has 0 unspecified atom stereocenters. The van der Waals surface area contributed by atoms with Crippen LogP contribution in [0.4, 0.5) is 0 Å². The highest BCUT2D eigenvalue weighted by molar-refractivity contribution is 7.90. The number of halogens is 2. The molecule has 3 aromatic rings. The molecule has 1 N–H and O–H groups in total. The van der Waals surface area contributed by atoms with E-state index >= 15 is 0 Å². The largest absolute Gasteiger partial charge is 0.352 e. The first kappa shape index (κ1) is 29.6. The van der Waals surface area contributed by atoms with Gasteiger partial charge in [-0.2, -0.15) is 0 Å². The van der Waals surface area contributed by atoms with Crippen molar-refractivity contribution in [1.29, 1.82) is 0 Å². The summed E-state index contributed by atoms with van der Waals surface area (Å²) in [5.74, 6) is -1.93. The van der Waals surface area contributed by atoms with Crippen molar-refractivity contribution in [3.63, 3.8) is 0 Å². The van der Waals surface area contributed by atoms with Crippen LogP contribution in [0.5, 0.6) is 0 Å². The lowest BCUT2D eigenvalue weighted by atomic mass is 10.0. The first-order chi connectivity index (χ1) is 19.0. The minimum absolute atomic E-state index is 0.00190. The van der Waals surface area contributed by atoms with Crippen LogP contribution >= 0.6 is 23.2 Å². The molecule has 1 aliphatic rings. The maximum atomic E-state index is 14.0. The Bertz CT molecular complexity index is 1530. The van der Waals surface area contributed by atoms with Crippen molar-refractivity contribution >= 4 is 50.9 Å². The van der Waals surface area contributed by atoms with Gasteiger partial charge in [-0.1, -0.05) is 78.7 Å². The molecule has 0 saturated carbocycles. The molecule has 2 atom stereocenters.